The Kier molecular flexibility index (Phi) is 10.7. The van der Waals surface area contributed by atoms with E-state index in [1.807, 2.05) is 97.9 Å². The van der Waals surface area contributed by atoms with Gasteiger partial charge >= 0.3 is 12.1 Å². The highest BCUT2D eigenvalue weighted by Gasteiger charge is 2.61. The zero-order valence-electron chi connectivity index (χ0n) is 29.2. The van der Waals surface area contributed by atoms with Crippen LogP contribution in [0, 0.1) is 5.92 Å². The number of ether oxygens (including phenoxy) is 9. The van der Waals surface area contributed by atoms with Crippen molar-refractivity contribution in [1.82, 2.24) is 4.90 Å². The molecule has 12 heteroatoms. The summed E-state index contributed by atoms with van der Waals surface area (Å²) in [7, 11) is 1.28. The highest BCUT2D eigenvalue weighted by atomic mass is 16.8. The van der Waals surface area contributed by atoms with Crippen molar-refractivity contribution in [1.29, 1.82) is 0 Å². The average molecular weight is 704 g/mol. The quantitative estimate of drug-likeness (QED) is 0.238. The van der Waals surface area contributed by atoms with E-state index in [9.17, 15) is 9.59 Å². The second kappa shape index (κ2) is 15.4. The predicted molar refractivity (Wildman–Crippen MR) is 181 cm³/mol. The first kappa shape index (κ1) is 35.5. The minimum atomic E-state index is -1.27. The van der Waals surface area contributed by atoms with Gasteiger partial charge in [-0.2, -0.15) is 0 Å². The highest BCUT2D eigenvalue weighted by molar-refractivity contribution is 5.75. The highest BCUT2D eigenvalue weighted by Crippen LogP contribution is 2.43. The molecular weight excluding hydrogens is 658 g/mol. The van der Waals surface area contributed by atoms with Gasteiger partial charge in [0.1, 0.15) is 30.5 Å². The molecule has 0 radical (unpaired) electrons. The normalized spacial score (nSPS) is 32.5. The maximum Gasteiger partial charge on any atom is 0.410 e. The van der Waals surface area contributed by atoms with E-state index in [2.05, 4.69) is 0 Å². The van der Waals surface area contributed by atoms with Crippen molar-refractivity contribution < 1.29 is 52.2 Å². The molecule has 0 saturated carbocycles. The minimum Gasteiger partial charge on any atom is -0.467 e. The minimum absolute atomic E-state index is 0.193. The van der Waals surface area contributed by atoms with Gasteiger partial charge in [0, 0.05) is 12.5 Å². The Morgan fingerprint density at radius 3 is 2.08 bits per heavy atom. The Morgan fingerprint density at radius 2 is 1.43 bits per heavy atom. The SMILES string of the molecule is COC(=O)C1O[C@@H]2OC(C)(C)O[C@H]2C(OCc2ccccc2)[C@@H]1O[C@H]1OC(COCc2ccccc2)[C@@H](C)C2OC(=O)N(Cc3ccccc3)C21. The Morgan fingerprint density at radius 1 is 0.804 bits per heavy atom. The van der Waals surface area contributed by atoms with E-state index >= 15 is 0 Å². The van der Waals surface area contributed by atoms with Crippen LogP contribution in [0.3, 0.4) is 0 Å². The molecule has 1 amide bonds. The largest absolute Gasteiger partial charge is 0.467 e. The Hall–Kier alpha value is -3.88. The molecule has 272 valence electrons. The molecule has 4 heterocycles. The molecule has 4 fully saturated rings. The third-order valence-corrected chi connectivity index (χ3v) is 9.77. The van der Waals surface area contributed by atoms with Crippen molar-refractivity contribution in [2.24, 2.45) is 5.92 Å². The van der Waals surface area contributed by atoms with Gasteiger partial charge in [0.25, 0.3) is 0 Å². The van der Waals surface area contributed by atoms with Crippen molar-refractivity contribution in [2.75, 3.05) is 13.7 Å². The molecule has 3 aromatic rings. The second-order valence-electron chi connectivity index (χ2n) is 13.8. The summed E-state index contributed by atoms with van der Waals surface area (Å²) in [6.45, 7) is 6.55. The fourth-order valence-electron chi connectivity index (χ4n) is 7.21. The molecule has 0 aromatic heterocycles. The van der Waals surface area contributed by atoms with Crippen LogP contribution in [0.25, 0.3) is 0 Å². The van der Waals surface area contributed by atoms with Crippen LogP contribution in [-0.2, 0) is 67.2 Å². The van der Waals surface area contributed by atoms with Crippen molar-refractivity contribution in [3.05, 3.63) is 108 Å². The number of rotatable bonds is 12. The number of carbonyl (C=O) groups excluding carboxylic acids is 2. The summed E-state index contributed by atoms with van der Waals surface area (Å²) in [6.07, 6.45) is -7.64. The number of hydrogen-bond acceptors (Lipinski definition) is 11. The van der Waals surface area contributed by atoms with Gasteiger partial charge in [-0.3, -0.25) is 4.90 Å². The van der Waals surface area contributed by atoms with Crippen molar-refractivity contribution in [3.63, 3.8) is 0 Å². The lowest BCUT2D eigenvalue weighted by molar-refractivity contribution is -0.324. The van der Waals surface area contributed by atoms with Gasteiger partial charge in [-0.1, -0.05) is 97.9 Å². The van der Waals surface area contributed by atoms with E-state index in [1.165, 1.54) is 7.11 Å². The monoisotopic (exact) mass is 703 g/mol. The summed E-state index contributed by atoms with van der Waals surface area (Å²) in [6, 6.07) is 28.5. The van der Waals surface area contributed by atoms with Crippen LogP contribution in [0.15, 0.2) is 91.0 Å². The Labute approximate surface area is 297 Å². The molecule has 0 spiro atoms. The van der Waals surface area contributed by atoms with Crippen molar-refractivity contribution in [2.45, 2.75) is 102 Å². The number of amides is 1. The van der Waals surface area contributed by atoms with E-state index in [1.54, 1.807) is 18.7 Å². The number of benzene rings is 3. The molecule has 7 rings (SSSR count). The van der Waals surface area contributed by atoms with E-state index < -0.39 is 73.1 Å². The average Bonchev–Trinajstić information content (AvgIpc) is 3.64. The van der Waals surface area contributed by atoms with Gasteiger partial charge in [0.2, 0.25) is 0 Å². The van der Waals surface area contributed by atoms with Gasteiger partial charge in [-0.05, 0) is 30.5 Å². The van der Waals surface area contributed by atoms with Crippen LogP contribution < -0.4 is 0 Å². The van der Waals surface area contributed by atoms with Gasteiger partial charge in [-0.25, -0.2) is 9.59 Å². The molecule has 4 aliphatic heterocycles. The maximum absolute atomic E-state index is 13.6. The smallest absolute Gasteiger partial charge is 0.410 e. The lowest BCUT2D eigenvalue weighted by atomic mass is 9.88. The van der Waals surface area contributed by atoms with Crippen LogP contribution in [0.5, 0.6) is 0 Å². The Balaban J connectivity index is 1.21. The summed E-state index contributed by atoms with van der Waals surface area (Å²) >= 11 is 0. The number of esters is 1. The summed E-state index contributed by atoms with van der Waals surface area (Å²) in [5, 5.41) is 0. The number of methoxy groups -OCH3 is 1. The first-order chi connectivity index (χ1) is 24.7. The fourth-order valence-corrected chi connectivity index (χ4v) is 7.21. The molecule has 3 aromatic carbocycles. The molecule has 12 nitrogen and oxygen atoms in total. The number of nitrogens with zero attached hydrogens (tertiary/aromatic N) is 1. The van der Waals surface area contributed by atoms with E-state index in [0.717, 1.165) is 16.7 Å². The molecule has 5 unspecified atom stereocenters. The Bertz CT molecular complexity index is 1610. The third kappa shape index (κ3) is 7.82. The van der Waals surface area contributed by atoms with Crippen LogP contribution in [-0.4, -0.2) is 91.7 Å². The van der Waals surface area contributed by atoms with Crippen LogP contribution in [0.1, 0.15) is 37.5 Å². The molecule has 10 atom stereocenters. The third-order valence-electron chi connectivity index (χ3n) is 9.77. The second-order valence-corrected chi connectivity index (χ2v) is 13.8. The lowest BCUT2D eigenvalue weighted by Crippen LogP contribution is -2.65. The van der Waals surface area contributed by atoms with Crippen LogP contribution >= 0.6 is 0 Å². The first-order valence-corrected chi connectivity index (χ1v) is 17.4. The van der Waals surface area contributed by atoms with Gasteiger partial charge < -0.3 is 42.6 Å². The maximum atomic E-state index is 13.6. The summed E-state index contributed by atoms with van der Waals surface area (Å²) < 4.78 is 56.2. The molecule has 0 N–H and O–H groups in total. The number of carbonyl (C=O) groups is 2. The zero-order chi connectivity index (χ0) is 35.5. The summed E-state index contributed by atoms with van der Waals surface area (Å²) in [5.41, 5.74) is 2.84. The number of fused-ring (bicyclic) bond motifs is 2. The topological polar surface area (TPSA) is 120 Å². The molecule has 4 aliphatic rings. The van der Waals surface area contributed by atoms with Crippen molar-refractivity contribution in [3.8, 4) is 0 Å². The fraction of sp³-hybridized carbons (Fsp3) is 0.487. The molecule has 0 aliphatic carbocycles. The van der Waals surface area contributed by atoms with Gasteiger partial charge in [0.15, 0.2) is 24.5 Å². The summed E-state index contributed by atoms with van der Waals surface area (Å²) in [4.78, 5) is 28.7. The lowest BCUT2D eigenvalue weighted by Gasteiger charge is -2.47. The van der Waals surface area contributed by atoms with Gasteiger partial charge in [-0.15, -0.1) is 0 Å². The zero-order valence-corrected chi connectivity index (χ0v) is 29.2. The molecular formula is C39H45NO11. The van der Waals surface area contributed by atoms with E-state index in [0.29, 0.717) is 6.61 Å². The van der Waals surface area contributed by atoms with Gasteiger partial charge in [0.05, 0.1) is 33.0 Å². The van der Waals surface area contributed by atoms with E-state index in [4.69, 9.17) is 42.6 Å². The molecule has 51 heavy (non-hydrogen) atoms. The molecule has 4 saturated heterocycles. The van der Waals surface area contributed by atoms with Crippen LogP contribution in [0.4, 0.5) is 4.79 Å². The number of hydrogen-bond donors (Lipinski definition) is 0. The van der Waals surface area contributed by atoms with E-state index in [-0.39, 0.29) is 25.7 Å². The van der Waals surface area contributed by atoms with Crippen molar-refractivity contribution >= 4 is 12.1 Å². The predicted octanol–water partition coefficient (Wildman–Crippen LogP) is 4.97. The first-order valence-electron chi connectivity index (χ1n) is 17.4. The summed E-state index contributed by atoms with van der Waals surface area (Å²) in [5.74, 6) is -1.96. The van der Waals surface area contributed by atoms with Crippen LogP contribution in [0.2, 0.25) is 0 Å². The molecule has 0 bridgehead atoms. The standard InChI is InChI=1S/C39H45NO11/c1-24-28(23-44-21-26-16-10-6-11-17-26)46-36(29-30(24)49-38(42)40(29)20-25-14-8-5-9-15-25)47-32-31(45-22-27-18-12-7-13-19-27)34-37(51-39(2,3)50-34)48-33(32)35(41)43-4/h5-19,24,28-34,36-37H,20-23H2,1-4H3/t24-,28?,29?,30?,31?,32+,33?,34+,36-,37-/m1/s1.